The van der Waals surface area contributed by atoms with Crippen molar-refractivity contribution in [2.24, 2.45) is 0 Å². The quantitative estimate of drug-likeness (QED) is 0.482. The molecule has 2 rings (SSSR count). The van der Waals surface area contributed by atoms with Crippen molar-refractivity contribution >= 4 is 21.6 Å². The molecule has 0 amide bonds. The molecule has 0 saturated heterocycles. The van der Waals surface area contributed by atoms with Gasteiger partial charge >= 0.3 is 5.69 Å². The van der Waals surface area contributed by atoms with Crippen LogP contribution in [0.3, 0.4) is 0 Å². The number of hydrogen-bond acceptors (Lipinski definition) is 6. The Balaban J connectivity index is 2.39. The average Bonchev–Trinajstić information content (AvgIpc) is 2.37. The van der Waals surface area contributed by atoms with Gasteiger partial charge in [-0.25, -0.2) is 4.98 Å². The molecule has 0 unspecified atom stereocenters. The van der Waals surface area contributed by atoms with E-state index in [2.05, 4.69) is 25.9 Å². The number of nitro groups is 1. The number of aromatic nitrogens is 2. The van der Waals surface area contributed by atoms with Crippen LogP contribution in [-0.2, 0) is 0 Å². The van der Waals surface area contributed by atoms with Gasteiger partial charge in [0.05, 0.1) is 18.1 Å². The molecule has 0 spiro atoms. The molecule has 20 heavy (non-hydrogen) atoms. The zero-order valence-corrected chi connectivity index (χ0v) is 12.2. The van der Waals surface area contributed by atoms with Gasteiger partial charge in [-0.15, -0.1) is 0 Å². The molecule has 0 aliphatic carbocycles. The number of aryl methyl sites for hydroxylation is 1. The molecule has 0 aliphatic heterocycles. The van der Waals surface area contributed by atoms with Crippen molar-refractivity contribution in [3.05, 3.63) is 44.8 Å². The number of nitrogens with zero attached hydrogens (tertiary/aromatic N) is 3. The maximum Gasteiger partial charge on any atom is 0.315 e. The van der Waals surface area contributed by atoms with Crippen molar-refractivity contribution in [2.45, 2.75) is 6.92 Å². The third-order valence-corrected chi connectivity index (χ3v) is 2.77. The fourth-order valence-corrected chi connectivity index (χ4v) is 1.98. The minimum Gasteiger partial charge on any atom is -0.496 e. The molecule has 0 atom stereocenters. The zero-order chi connectivity index (χ0) is 14.7. The highest BCUT2D eigenvalue weighted by Gasteiger charge is 2.18. The van der Waals surface area contributed by atoms with Crippen LogP contribution in [-0.4, -0.2) is 22.0 Å². The predicted octanol–water partition coefficient (Wildman–Crippen LogP) is 3.26. The van der Waals surface area contributed by atoms with Crippen molar-refractivity contribution in [1.29, 1.82) is 0 Å². The monoisotopic (exact) mass is 339 g/mol. The van der Waals surface area contributed by atoms with Crippen LogP contribution in [0.5, 0.6) is 17.4 Å². The Labute approximate surface area is 122 Å². The molecular weight excluding hydrogens is 330 g/mol. The molecule has 0 aliphatic rings. The Hall–Kier alpha value is -2.22. The topological polar surface area (TPSA) is 87.4 Å². The first-order valence-electron chi connectivity index (χ1n) is 5.51. The van der Waals surface area contributed by atoms with Gasteiger partial charge in [0, 0.05) is 6.07 Å². The van der Waals surface area contributed by atoms with Gasteiger partial charge in [-0.2, -0.15) is 4.98 Å². The van der Waals surface area contributed by atoms with Crippen LogP contribution in [0.25, 0.3) is 0 Å². The Morgan fingerprint density at radius 2 is 2.05 bits per heavy atom. The van der Waals surface area contributed by atoms with Crippen molar-refractivity contribution in [3.63, 3.8) is 0 Å². The molecule has 104 valence electrons. The van der Waals surface area contributed by atoms with Crippen LogP contribution >= 0.6 is 15.9 Å². The Bertz CT molecular complexity index is 643. The van der Waals surface area contributed by atoms with Gasteiger partial charge < -0.3 is 9.47 Å². The summed E-state index contributed by atoms with van der Waals surface area (Å²) < 4.78 is 10.9. The number of benzene rings is 1. The Kier molecular flexibility index (Phi) is 4.14. The van der Waals surface area contributed by atoms with Gasteiger partial charge in [-0.3, -0.25) is 10.1 Å². The lowest BCUT2D eigenvalue weighted by Gasteiger charge is -2.07. The number of halogens is 1. The van der Waals surface area contributed by atoms with E-state index in [0.29, 0.717) is 16.2 Å². The SMILES string of the molecule is COc1ccc(Oc2cc(Br)nc(C)n2)c([N+](=O)[O-])c1. The second-order valence-corrected chi connectivity index (χ2v) is 4.58. The first kappa shape index (κ1) is 14.2. The highest BCUT2D eigenvalue weighted by molar-refractivity contribution is 9.10. The van der Waals surface area contributed by atoms with Crippen LogP contribution in [0.15, 0.2) is 28.9 Å². The third-order valence-electron chi connectivity index (χ3n) is 2.36. The van der Waals surface area contributed by atoms with Gasteiger partial charge in [0.1, 0.15) is 16.2 Å². The average molecular weight is 340 g/mol. The molecule has 0 radical (unpaired) electrons. The number of methoxy groups -OCH3 is 1. The van der Waals surface area contributed by atoms with Gasteiger partial charge in [0.2, 0.25) is 11.6 Å². The maximum atomic E-state index is 11.0. The van der Waals surface area contributed by atoms with Crippen molar-refractivity contribution < 1.29 is 14.4 Å². The summed E-state index contributed by atoms with van der Waals surface area (Å²) in [7, 11) is 1.44. The normalized spacial score (nSPS) is 10.2. The van der Waals surface area contributed by atoms with Crippen molar-refractivity contribution in [1.82, 2.24) is 9.97 Å². The first-order valence-corrected chi connectivity index (χ1v) is 6.30. The van der Waals surface area contributed by atoms with E-state index in [9.17, 15) is 10.1 Å². The molecule has 0 saturated carbocycles. The van der Waals surface area contributed by atoms with Gasteiger partial charge in [-0.1, -0.05) is 0 Å². The van der Waals surface area contributed by atoms with Crippen LogP contribution in [0.4, 0.5) is 5.69 Å². The summed E-state index contributed by atoms with van der Waals surface area (Å²) in [6, 6.07) is 5.85. The Morgan fingerprint density at radius 3 is 2.65 bits per heavy atom. The van der Waals surface area contributed by atoms with Crippen molar-refractivity contribution in [2.75, 3.05) is 7.11 Å². The highest BCUT2D eigenvalue weighted by atomic mass is 79.9. The first-order chi connectivity index (χ1) is 9.49. The smallest absolute Gasteiger partial charge is 0.315 e. The van der Waals surface area contributed by atoms with E-state index >= 15 is 0 Å². The van der Waals surface area contributed by atoms with E-state index in [1.165, 1.54) is 25.3 Å². The molecule has 1 aromatic heterocycles. The fraction of sp³-hybridized carbons (Fsp3) is 0.167. The summed E-state index contributed by atoms with van der Waals surface area (Å²) in [5.41, 5.74) is -0.197. The van der Waals surface area contributed by atoms with Crippen LogP contribution in [0.2, 0.25) is 0 Å². The van der Waals surface area contributed by atoms with E-state index < -0.39 is 4.92 Å². The van der Waals surface area contributed by atoms with E-state index in [4.69, 9.17) is 9.47 Å². The molecule has 1 heterocycles. The molecule has 0 N–H and O–H groups in total. The van der Waals surface area contributed by atoms with Gasteiger partial charge in [0.15, 0.2) is 0 Å². The molecule has 7 nitrogen and oxygen atoms in total. The molecular formula is C12H10BrN3O4. The lowest BCUT2D eigenvalue weighted by Crippen LogP contribution is -1.97. The third kappa shape index (κ3) is 3.21. The molecule has 2 aromatic rings. The van der Waals surface area contributed by atoms with Crippen LogP contribution in [0.1, 0.15) is 5.82 Å². The molecule has 1 aromatic carbocycles. The minimum absolute atomic E-state index is 0.0841. The second kappa shape index (κ2) is 5.83. The largest absolute Gasteiger partial charge is 0.496 e. The maximum absolute atomic E-state index is 11.0. The summed E-state index contributed by atoms with van der Waals surface area (Å²) in [4.78, 5) is 18.6. The summed E-state index contributed by atoms with van der Waals surface area (Å²) in [5, 5.41) is 11.0. The van der Waals surface area contributed by atoms with E-state index in [-0.39, 0.29) is 17.3 Å². The van der Waals surface area contributed by atoms with Crippen molar-refractivity contribution in [3.8, 4) is 17.4 Å². The second-order valence-electron chi connectivity index (χ2n) is 3.77. The van der Waals surface area contributed by atoms with E-state index in [1.807, 2.05) is 0 Å². The minimum atomic E-state index is -0.541. The summed E-state index contributed by atoms with van der Waals surface area (Å²) in [6.07, 6.45) is 0. The Morgan fingerprint density at radius 1 is 1.30 bits per heavy atom. The lowest BCUT2D eigenvalue weighted by molar-refractivity contribution is -0.385. The van der Waals surface area contributed by atoms with E-state index in [1.54, 1.807) is 13.0 Å². The number of nitro benzene ring substituents is 1. The number of hydrogen-bond donors (Lipinski definition) is 0. The van der Waals surface area contributed by atoms with E-state index in [0.717, 1.165) is 0 Å². The predicted molar refractivity (Wildman–Crippen MR) is 74.2 cm³/mol. The zero-order valence-electron chi connectivity index (χ0n) is 10.7. The standard InChI is InChI=1S/C12H10BrN3O4/c1-7-14-11(13)6-12(15-7)20-10-4-3-8(19-2)5-9(10)16(17)18/h3-6H,1-2H3. The van der Waals surface area contributed by atoms with Crippen LogP contribution < -0.4 is 9.47 Å². The van der Waals surface area contributed by atoms with Gasteiger partial charge in [-0.05, 0) is 35.0 Å². The highest BCUT2D eigenvalue weighted by Crippen LogP contribution is 2.34. The summed E-state index contributed by atoms with van der Waals surface area (Å²) in [5.74, 6) is 1.17. The molecule has 8 heteroatoms. The lowest BCUT2D eigenvalue weighted by atomic mass is 10.3. The van der Waals surface area contributed by atoms with Crippen LogP contribution in [0, 0.1) is 17.0 Å². The molecule has 0 fully saturated rings. The molecule has 0 bridgehead atoms. The number of rotatable bonds is 4. The summed E-state index contributed by atoms with van der Waals surface area (Å²) >= 11 is 3.21. The van der Waals surface area contributed by atoms with Gasteiger partial charge in [0.25, 0.3) is 0 Å². The number of ether oxygens (including phenoxy) is 2. The fourth-order valence-electron chi connectivity index (χ4n) is 1.52. The summed E-state index contributed by atoms with van der Waals surface area (Å²) in [6.45, 7) is 1.69.